The van der Waals surface area contributed by atoms with E-state index in [4.69, 9.17) is 4.99 Å². The van der Waals surface area contributed by atoms with Crippen LogP contribution in [0.1, 0.15) is 16.0 Å². The Labute approximate surface area is 180 Å². The third-order valence-corrected chi connectivity index (χ3v) is 6.90. The zero-order valence-electron chi connectivity index (χ0n) is 15.3. The number of anilines is 1. The van der Waals surface area contributed by atoms with Crippen LogP contribution in [0.5, 0.6) is 0 Å². The summed E-state index contributed by atoms with van der Waals surface area (Å²) in [6.07, 6.45) is 1.94. The standard InChI is InChI=1S/C22H17BrN2OS2/c1-14-7-3-5-9-17(14)24-22-25(18-10-6-4-8-15(18)2)21(26)19(28-22)13-16-11-12-20(23)27-16/h3-13H,1-2H3. The second-order valence-electron chi connectivity index (χ2n) is 6.36. The monoisotopic (exact) mass is 468 g/mol. The lowest BCUT2D eigenvalue weighted by atomic mass is 10.2. The van der Waals surface area contributed by atoms with Gasteiger partial charge in [-0.3, -0.25) is 9.69 Å². The number of para-hydroxylation sites is 2. The minimum absolute atomic E-state index is 0.0452. The summed E-state index contributed by atoms with van der Waals surface area (Å²) in [7, 11) is 0. The van der Waals surface area contributed by atoms with Gasteiger partial charge >= 0.3 is 0 Å². The number of rotatable bonds is 3. The molecule has 3 aromatic rings. The Kier molecular flexibility index (Phi) is 5.53. The number of nitrogens with zero attached hydrogens (tertiary/aromatic N) is 2. The molecule has 0 spiro atoms. The third-order valence-electron chi connectivity index (χ3n) is 4.36. The maximum absolute atomic E-state index is 13.3. The number of benzene rings is 2. The maximum atomic E-state index is 13.3. The zero-order valence-corrected chi connectivity index (χ0v) is 18.6. The van der Waals surface area contributed by atoms with Crippen LogP contribution in [0.4, 0.5) is 11.4 Å². The zero-order chi connectivity index (χ0) is 19.7. The number of amidine groups is 1. The fourth-order valence-corrected chi connectivity index (χ4v) is 5.32. The third kappa shape index (κ3) is 3.85. The van der Waals surface area contributed by atoms with E-state index in [0.29, 0.717) is 10.1 Å². The highest BCUT2D eigenvalue weighted by atomic mass is 79.9. The van der Waals surface area contributed by atoms with E-state index in [-0.39, 0.29) is 5.91 Å². The number of carbonyl (C=O) groups is 1. The van der Waals surface area contributed by atoms with Crippen LogP contribution in [-0.4, -0.2) is 11.1 Å². The minimum Gasteiger partial charge on any atom is -0.268 e. The molecule has 2 heterocycles. The normalized spacial score (nSPS) is 17.1. The molecule has 1 saturated heterocycles. The first-order valence-corrected chi connectivity index (χ1v) is 11.1. The number of hydrogen-bond donors (Lipinski definition) is 0. The van der Waals surface area contributed by atoms with Crippen molar-refractivity contribution in [3.05, 3.63) is 85.4 Å². The van der Waals surface area contributed by atoms with Gasteiger partial charge in [0, 0.05) is 4.88 Å². The molecule has 6 heteroatoms. The highest BCUT2D eigenvalue weighted by Gasteiger charge is 2.35. The number of aliphatic imine (C=N–C) groups is 1. The lowest BCUT2D eigenvalue weighted by Gasteiger charge is -2.18. The molecule has 28 heavy (non-hydrogen) atoms. The number of thiophene rings is 1. The van der Waals surface area contributed by atoms with Crippen molar-refractivity contribution in [2.45, 2.75) is 13.8 Å². The number of hydrogen-bond acceptors (Lipinski definition) is 4. The van der Waals surface area contributed by atoms with Gasteiger partial charge in [0.15, 0.2) is 5.17 Å². The number of thioether (sulfide) groups is 1. The van der Waals surface area contributed by atoms with E-state index in [2.05, 4.69) is 15.9 Å². The quantitative estimate of drug-likeness (QED) is 0.390. The predicted molar refractivity (Wildman–Crippen MR) is 125 cm³/mol. The van der Waals surface area contributed by atoms with Gasteiger partial charge in [-0.25, -0.2) is 4.99 Å². The summed E-state index contributed by atoms with van der Waals surface area (Å²) < 4.78 is 1.04. The van der Waals surface area contributed by atoms with Crippen LogP contribution in [0.15, 0.2) is 74.3 Å². The van der Waals surface area contributed by atoms with Gasteiger partial charge in [-0.2, -0.15) is 0 Å². The molecule has 0 atom stereocenters. The number of carbonyl (C=O) groups excluding carboxylic acids is 1. The van der Waals surface area contributed by atoms with Gasteiger partial charge in [-0.1, -0.05) is 36.4 Å². The summed E-state index contributed by atoms with van der Waals surface area (Å²) >= 11 is 6.50. The molecule has 0 N–H and O–H groups in total. The van der Waals surface area contributed by atoms with Crippen molar-refractivity contribution in [3.63, 3.8) is 0 Å². The van der Waals surface area contributed by atoms with E-state index >= 15 is 0 Å². The van der Waals surface area contributed by atoms with E-state index in [0.717, 1.165) is 31.2 Å². The van der Waals surface area contributed by atoms with Crippen molar-refractivity contribution < 1.29 is 4.79 Å². The fourth-order valence-electron chi connectivity index (χ4n) is 2.90. The average molecular weight is 469 g/mol. The first-order valence-electron chi connectivity index (χ1n) is 8.72. The molecule has 4 rings (SSSR count). The van der Waals surface area contributed by atoms with Gasteiger partial charge in [-0.15, -0.1) is 11.3 Å². The van der Waals surface area contributed by atoms with Gasteiger partial charge in [-0.05, 0) is 83.0 Å². The molecule has 1 amide bonds. The highest BCUT2D eigenvalue weighted by molar-refractivity contribution is 9.11. The Bertz CT molecular complexity index is 1120. The number of halogens is 1. The van der Waals surface area contributed by atoms with Gasteiger partial charge in [0.25, 0.3) is 5.91 Å². The largest absolute Gasteiger partial charge is 0.271 e. The lowest BCUT2D eigenvalue weighted by molar-refractivity contribution is -0.113. The summed E-state index contributed by atoms with van der Waals surface area (Å²) in [5.74, 6) is -0.0452. The van der Waals surface area contributed by atoms with Crippen LogP contribution in [-0.2, 0) is 4.79 Å². The second kappa shape index (κ2) is 8.07. The summed E-state index contributed by atoms with van der Waals surface area (Å²) in [6, 6.07) is 19.8. The van der Waals surface area contributed by atoms with Crippen molar-refractivity contribution >= 4 is 67.6 Å². The van der Waals surface area contributed by atoms with Crippen molar-refractivity contribution in [2.75, 3.05) is 4.90 Å². The molecular formula is C22H17BrN2OS2. The van der Waals surface area contributed by atoms with E-state index in [1.807, 2.05) is 80.6 Å². The molecule has 0 saturated carbocycles. The Balaban J connectivity index is 1.82. The van der Waals surface area contributed by atoms with Crippen LogP contribution in [0, 0.1) is 13.8 Å². The Morgan fingerprint density at radius 3 is 2.36 bits per heavy atom. The molecule has 1 aliphatic heterocycles. The first-order chi connectivity index (χ1) is 13.5. The van der Waals surface area contributed by atoms with Crippen molar-refractivity contribution in [1.82, 2.24) is 0 Å². The molecule has 1 aliphatic rings. The van der Waals surface area contributed by atoms with Gasteiger partial charge in [0.1, 0.15) is 0 Å². The van der Waals surface area contributed by atoms with E-state index in [1.54, 1.807) is 16.2 Å². The van der Waals surface area contributed by atoms with Crippen LogP contribution >= 0.6 is 39.0 Å². The molecule has 3 nitrogen and oxygen atoms in total. The number of aryl methyl sites for hydroxylation is 2. The maximum Gasteiger partial charge on any atom is 0.271 e. The SMILES string of the molecule is Cc1ccccc1N=C1SC(=Cc2ccc(Br)s2)C(=O)N1c1ccccc1C. The fraction of sp³-hybridized carbons (Fsp3) is 0.0909. The lowest BCUT2D eigenvalue weighted by Crippen LogP contribution is -2.29. The molecule has 0 aliphatic carbocycles. The van der Waals surface area contributed by atoms with Gasteiger partial charge < -0.3 is 0 Å². The molecule has 0 unspecified atom stereocenters. The van der Waals surface area contributed by atoms with Gasteiger partial charge in [0.05, 0.1) is 20.1 Å². The minimum atomic E-state index is -0.0452. The predicted octanol–water partition coefficient (Wildman–Crippen LogP) is 6.94. The van der Waals surface area contributed by atoms with E-state index in [9.17, 15) is 4.79 Å². The van der Waals surface area contributed by atoms with Crippen molar-refractivity contribution in [3.8, 4) is 0 Å². The van der Waals surface area contributed by atoms with E-state index in [1.165, 1.54) is 11.8 Å². The average Bonchev–Trinajstić information content (AvgIpc) is 3.21. The molecule has 0 radical (unpaired) electrons. The van der Waals surface area contributed by atoms with Crippen molar-refractivity contribution in [2.24, 2.45) is 4.99 Å². The van der Waals surface area contributed by atoms with Crippen LogP contribution in [0.3, 0.4) is 0 Å². The second-order valence-corrected chi connectivity index (χ2v) is 9.86. The van der Waals surface area contributed by atoms with Crippen LogP contribution < -0.4 is 4.90 Å². The summed E-state index contributed by atoms with van der Waals surface area (Å²) in [4.78, 5) is 21.6. The summed E-state index contributed by atoms with van der Waals surface area (Å²) in [5.41, 5.74) is 3.85. The molecule has 1 aromatic heterocycles. The molecule has 0 bridgehead atoms. The summed E-state index contributed by atoms with van der Waals surface area (Å²) in [6.45, 7) is 4.04. The Morgan fingerprint density at radius 1 is 0.964 bits per heavy atom. The van der Waals surface area contributed by atoms with Crippen LogP contribution in [0.25, 0.3) is 6.08 Å². The molecular weight excluding hydrogens is 452 g/mol. The molecule has 2 aromatic carbocycles. The topological polar surface area (TPSA) is 32.7 Å². The van der Waals surface area contributed by atoms with Crippen molar-refractivity contribution in [1.29, 1.82) is 0 Å². The van der Waals surface area contributed by atoms with Crippen LogP contribution in [0.2, 0.25) is 0 Å². The Hall–Kier alpha value is -2.15. The smallest absolute Gasteiger partial charge is 0.268 e. The van der Waals surface area contributed by atoms with Gasteiger partial charge in [0.2, 0.25) is 0 Å². The summed E-state index contributed by atoms with van der Waals surface area (Å²) in [5, 5.41) is 0.676. The molecule has 1 fully saturated rings. The number of amides is 1. The van der Waals surface area contributed by atoms with E-state index < -0.39 is 0 Å². The first kappa shape index (κ1) is 19.2. The molecule has 140 valence electrons. The highest BCUT2D eigenvalue weighted by Crippen LogP contribution is 2.39. The Morgan fingerprint density at radius 2 is 1.68 bits per heavy atom.